The molecule has 0 aliphatic carbocycles. The van der Waals surface area contributed by atoms with E-state index in [9.17, 15) is 4.79 Å². The SMILES string of the molecule is CCCNc1nc2c(c(-c3c(C)cc(C)cc3C)cn2C)c(=O)[nH]1. The summed E-state index contributed by atoms with van der Waals surface area (Å²) in [5.41, 5.74) is 6.23. The van der Waals surface area contributed by atoms with Gasteiger partial charge in [-0.1, -0.05) is 24.6 Å². The number of aromatic amines is 1. The zero-order valence-corrected chi connectivity index (χ0v) is 14.9. The van der Waals surface area contributed by atoms with Gasteiger partial charge in [-0.05, 0) is 43.9 Å². The normalized spacial score (nSPS) is 11.2. The maximum absolute atomic E-state index is 12.7. The summed E-state index contributed by atoms with van der Waals surface area (Å²) < 4.78 is 1.93. The van der Waals surface area contributed by atoms with Gasteiger partial charge in [0.25, 0.3) is 5.56 Å². The summed E-state index contributed by atoms with van der Waals surface area (Å²) in [4.78, 5) is 20.2. The van der Waals surface area contributed by atoms with Crippen molar-refractivity contribution in [2.45, 2.75) is 34.1 Å². The molecule has 0 unspecified atom stereocenters. The Morgan fingerprint density at radius 1 is 1.21 bits per heavy atom. The van der Waals surface area contributed by atoms with Crippen LogP contribution in [0.5, 0.6) is 0 Å². The minimum absolute atomic E-state index is 0.103. The van der Waals surface area contributed by atoms with Crippen molar-refractivity contribution in [3.8, 4) is 11.1 Å². The van der Waals surface area contributed by atoms with E-state index in [1.54, 1.807) is 0 Å². The Labute approximate surface area is 141 Å². The predicted octanol–water partition coefficient (Wildman–Crippen LogP) is 3.68. The average molecular weight is 324 g/mol. The summed E-state index contributed by atoms with van der Waals surface area (Å²) in [7, 11) is 1.93. The molecule has 3 rings (SSSR count). The Hall–Kier alpha value is -2.56. The molecule has 2 aromatic heterocycles. The number of rotatable bonds is 4. The zero-order valence-electron chi connectivity index (χ0n) is 14.9. The van der Waals surface area contributed by atoms with Gasteiger partial charge >= 0.3 is 0 Å². The lowest BCUT2D eigenvalue weighted by Gasteiger charge is -2.10. The number of nitrogens with one attached hydrogen (secondary N) is 2. The highest BCUT2D eigenvalue weighted by Gasteiger charge is 2.17. The Kier molecular flexibility index (Phi) is 4.18. The molecule has 0 fully saturated rings. The highest BCUT2D eigenvalue weighted by molar-refractivity contribution is 5.95. The van der Waals surface area contributed by atoms with Crippen LogP contribution in [0.1, 0.15) is 30.0 Å². The van der Waals surface area contributed by atoms with Crippen LogP contribution in [0.3, 0.4) is 0 Å². The van der Waals surface area contributed by atoms with E-state index in [2.05, 4.69) is 55.1 Å². The molecule has 0 aliphatic rings. The molecule has 1 aromatic carbocycles. The summed E-state index contributed by atoms with van der Waals surface area (Å²) >= 11 is 0. The molecule has 5 nitrogen and oxygen atoms in total. The lowest BCUT2D eigenvalue weighted by atomic mass is 9.94. The minimum atomic E-state index is -0.103. The van der Waals surface area contributed by atoms with Crippen LogP contribution in [0.15, 0.2) is 23.1 Å². The Bertz CT molecular complexity index is 942. The van der Waals surface area contributed by atoms with Crippen molar-refractivity contribution in [3.63, 3.8) is 0 Å². The second-order valence-corrected chi connectivity index (χ2v) is 6.47. The van der Waals surface area contributed by atoms with Gasteiger partial charge in [-0.3, -0.25) is 9.78 Å². The van der Waals surface area contributed by atoms with Crippen molar-refractivity contribution in [2.75, 3.05) is 11.9 Å². The monoisotopic (exact) mass is 324 g/mol. The van der Waals surface area contributed by atoms with Crippen LogP contribution < -0.4 is 10.9 Å². The number of hydrogen-bond donors (Lipinski definition) is 2. The number of aromatic nitrogens is 3. The van der Waals surface area contributed by atoms with Gasteiger partial charge in [0.15, 0.2) is 0 Å². The zero-order chi connectivity index (χ0) is 17.4. The Balaban J connectivity index is 2.27. The molecule has 0 amide bonds. The van der Waals surface area contributed by atoms with Crippen LogP contribution in [0.4, 0.5) is 5.95 Å². The van der Waals surface area contributed by atoms with Crippen LogP contribution in [-0.2, 0) is 7.05 Å². The average Bonchev–Trinajstić information content (AvgIpc) is 2.81. The summed E-state index contributed by atoms with van der Waals surface area (Å²) in [5, 5.41) is 3.80. The van der Waals surface area contributed by atoms with Crippen molar-refractivity contribution in [3.05, 3.63) is 45.4 Å². The largest absolute Gasteiger partial charge is 0.356 e. The molecular formula is C19H24N4O. The Morgan fingerprint density at radius 2 is 1.88 bits per heavy atom. The molecule has 24 heavy (non-hydrogen) atoms. The number of fused-ring (bicyclic) bond motifs is 1. The molecule has 0 saturated carbocycles. The number of benzene rings is 1. The molecule has 126 valence electrons. The number of hydrogen-bond acceptors (Lipinski definition) is 3. The highest BCUT2D eigenvalue weighted by atomic mass is 16.1. The molecule has 0 atom stereocenters. The van der Waals surface area contributed by atoms with Crippen LogP contribution in [0, 0.1) is 20.8 Å². The van der Waals surface area contributed by atoms with Crippen molar-refractivity contribution < 1.29 is 0 Å². The van der Waals surface area contributed by atoms with E-state index >= 15 is 0 Å². The molecule has 2 heterocycles. The van der Waals surface area contributed by atoms with E-state index in [0.29, 0.717) is 17.0 Å². The second-order valence-electron chi connectivity index (χ2n) is 6.47. The first-order valence-corrected chi connectivity index (χ1v) is 8.33. The summed E-state index contributed by atoms with van der Waals surface area (Å²) in [6, 6.07) is 4.31. The highest BCUT2D eigenvalue weighted by Crippen LogP contribution is 2.33. The predicted molar refractivity (Wildman–Crippen MR) is 99.8 cm³/mol. The fourth-order valence-corrected chi connectivity index (χ4v) is 3.40. The summed E-state index contributed by atoms with van der Waals surface area (Å²) in [6.45, 7) is 9.13. The van der Waals surface area contributed by atoms with Gasteiger partial charge in [-0.15, -0.1) is 0 Å². The van der Waals surface area contributed by atoms with Crippen molar-refractivity contribution >= 4 is 17.0 Å². The van der Waals surface area contributed by atoms with E-state index in [1.807, 2.05) is 17.8 Å². The molecule has 0 aliphatic heterocycles. The summed E-state index contributed by atoms with van der Waals surface area (Å²) in [5.74, 6) is 0.527. The molecule has 5 heteroatoms. The lowest BCUT2D eigenvalue weighted by molar-refractivity contribution is 0.924. The molecule has 0 spiro atoms. The quantitative estimate of drug-likeness (QED) is 0.769. The standard InChI is InChI=1S/C19H24N4O/c1-6-7-20-19-21-17-16(18(24)22-19)14(10-23(17)5)15-12(3)8-11(2)9-13(15)4/h8-10H,6-7H2,1-5H3,(H2,20,21,22,24). The number of anilines is 1. The smallest absolute Gasteiger partial charge is 0.262 e. The number of aryl methyl sites for hydroxylation is 4. The molecule has 0 radical (unpaired) electrons. The minimum Gasteiger partial charge on any atom is -0.356 e. The van der Waals surface area contributed by atoms with Crippen molar-refractivity contribution in [1.29, 1.82) is 0 Å². The first kappa shape index (κ1) is 16.3. The van der Waals surface area contributed by atoms with Gasteiger partial charge in [0.05, 0.1) is 5.39 Å². The maximum atomic E-state index is 12.7. The third-order valence-corrected chi connectivity index (χ3v) is 4.32. The second kappa shape index (κ2) is 6.15. The third kappa shape index (κ3) is 2.70. The summed E-state index contributed by atoms with van der Waals surface area (Å²) in [6.07, 6.45) is 2.98. The Morgan fingerprint density at radius 3 is 2.50 bits per heavy atom. The van der Waals surface area contributed by atoms with E-state index in [-0.39, 0.29) is 5.56 Å². The fourth-order valence-electron chi connectivity index (χ4n) is 3.40. The van der Waals surface area contributed by atoms with E-state index < -0.39 is 0 Å². The van der Waals surface area contributed by atoms with Crippen LogP contribution in [0.2, 0.25) is 0 Å². The lowest BCUT2D eigenvalue weighted by Crippen LogP contribution is -2.14. The van der Waals surface area contributed by atoms with E-state index in [0.717, 1.165) is 24.1 Å². The maximum Gasteiger partial charge on any atom is 0.262 e. The third-order valence-electron chi connectivity index (χ3n) is 4.32. The molecule has 2 N–H and O–H groups in total. The number of H-pyrrole nitrogens is 1. The van der Waals surface area contributed by atoms with Gasteiger partial charge in [0.1, 0.15) is 5.65 Å². The molecule has 0 saturated heterocycles. The van der Waals surface area contributed by atoms with E-state index in [4.69, 9.17) is 0 Å². The van der Waals surface area contributed by atoms with E-state index in [1.165, 1.54) is 16.7 Å². The molecular weight excluding hydrogens is 300 g/mol. The number of nitrogens with zero attached hydrogens (tertiary/aromatic N) is 2. The fraction of sp³-hybridized carbons (Fsp3) is 0.368. The first-order valence-electron chi connectivity index (χ1n) is 8.33. The van der Waals surface area contributed by atoms with Crippen LogP contribution >= 0.6 is 0 Å². The topological polar surface area (TPSA) is 62.7 Å². The van der Waals surface area contributed by atoms with Crippen LogP contribution in [0.25, 0.3) is 22.2 Å². The van der Waals surface area contributed by atoms with Crippen molar-refractivity contribution in [2.24, 2.45) is 7.05 Å². The van der Waals surface area contributed by atoms with Gasteiger partial charge in [-0.2, -0.15) is 4.98 Å². The molecule has 0 bridgehead atoms. The van der Waals surface area contributed by atoms with Gasteiger partial charge < -0.3 is 9.88 Å². The van der Waals surface area contributed by atoms with Gasteiger partial charge in [-0.25, -0.2) is 0 Å². The van der Waals surface area contributed by atoms with Gasteiger partial charge in [0.2, 0.25) is 5.95 Å². The van der Waals surface area contributed by atoms with Gasteiger partial charge in [0, 0.05) is 25.4 Å². The van der Waals surface area contributed by atoms with Crippen LogP contribution in [-0.4, -0.2) is 21.1 Å². The first-order chi connectivity index (χ1) is 11.4. The van der Waals surface area contributed by atoms with Crippen molar-refractivity contribution in [1.82, 2.24) is 14.5 Å². The molecule has 3 aromatic rings.